The van der Waals surface area contributed by atoms with Gasteiger partial charge >= 0.3 is 13.1 Å². The molecule has 1 amide bonds. The second kappa shape index (κ2) is 9.09. The van der Waals surface area contributed by atoms with Gasteiger partial charge in [-0.3, -0.25) is 9.59 Å². The lowest BCUT2D eigenvalue weighted by Crippen LogP contribution is -2.51. The van der Waals surface area contributed by atoms with Crippen LogP contribution in [0.25, 0.3) is 0 Å². The molecule has 0 aromatic heterocycles. The van der Waals surface area contributed by atoms with E-state index in [2.05, 4.69) is 5.32 Å². The average molecular weight is 317 g/mol. The first kappa shape index (κ1) is 20.8. The van der Waals surface area contributed by atoms with Crippen molar-refractivity contribution in [2.24, 2.45) is 22.8 Å². The van der Waals surface area contributed by atoms with Gasteiger partial charge < -0.3 is 31.9 Å². The molecular formula is C13H28BN3O5. The zero-order chi connectivity index (χ0) is 17.5. The first-order valence-electron chi connectivity index (χ1n) is 7.34. The fourth-order valence-corrected chi connectivity index (χ4v) is 1.91. The zero-order valence-electron chi connectivity index (χ0n) is 13.5. The van der Waals surface area contributed by atoms with Crippen LogP contribution in [0.2, 0.25) is 6.32 Å². The van der Waals surface area contributed by atoms with Crippen LogP contribution in [0.5, 0.6) is 0 Å². The van der Waals surface area contributed by atoms with Crippen LogP contribution in [-0.4, -0.2) is 52.8 Å². The van der Waals surface area contributed by atoms with Crippen molar-refractivity contribution in [2.75, 3.05) is 6.54 Å². The van der Waals surface area contributed by atoms with Gasteiger partial charge in [-0.2, -0.15) is 0 Å². The second-order valence-corrected chi connectivity index (χ2v) is 6.62. The molecule has 0 radical (unpaired) electrons. The molecule has 8 N–H and O–H groups in total. The maximum absolute atomic E-state index is 12.0. The summed E-state index contributed by atoms with van der Waals surface area (Å²) in [4.78, 5) is 23.0. The number of amides is 1. The topological polar surface area (TPSA) is 159 Å². The van der Waals surface area contributed by atoms with E-state index in [1.165, 1.54) is 0 Å². The Morgan fingerprint density at radius 3 is 2.18 bits per heavy atom. The van der Waals surface area contributed by atoms with Gasteiger partial charge in [0, 0.05) is 12.5 Å². The van der Waals surface area contributed by atoms with Crippen molar-refractivity contribution in [2.45, 2.75) is 52.0 Å². The molecule has 0 aliphatic carbocycles. The molecule has 0 saturated heterocycles. The Bertz CT molecular complexity index is 373. The summed E-state index contributed by atoms with van der Waals surface area (Å²) in [7, 11) is -1.44. The molecule has 0 bridgehead atoms. The molecular weight excluding hydrogens is 289 g/mol. The van der Waals surface area contributed by atoms with Crippen molar-refractivity contribution >= 4 is 19.0 Å². The standard InChI is InChI=1S/C13H28BN3O5/c1-13(2,3)10(16)11(18)17-7-8(9(15)12(19)20)5-4-6-14(21)22/h8-10,21-22H,4-7,15-16H2,1-3H3,(H,17,18)(H,19,20)/t8-,9-,10+/m0/s1. The van der Waals surface area contributed by atoms with Crippen molar-refractivity contribution < 1.29 is 24.7 Å². The quantitative estimate of drug-likeness (QED) is 0.290. The van der Waals surface area contributed by atoms with Crippen LogP contribution in [0.3, 0.4) is 0 Å². The van der Waals surface area contributed by atoms with Crippen LogP contribution in [0.15, 0.2) is 0 Å². The number of carbonyl (C=O) groups is 2. The van der Waals surface area contributed by atoms with Gasteiger partial charge in [-0.1, -0.05) is 27.2 Å². The highest BCUT2D eigenvalue weighted by Crippen LogP contribution is 2.18. The highest BCUT2D eigenvalue weighted by molar-refractivity contribution is 6.40. The molecule has 0 unspecified atom stereocenters. The van der Waals surface area contributed by atoms with Crippen molar-refractivity contribution in [1.29, 1.82) is 0 Å². The van der Waals surface area contributed by atoms with E-state index in [0.29, 0.717) is 12.8 Å². The third-order valence-corrected chi connectivity index (χ3v) is 3.58. The minimum atomic E-state index is -1.44. The molecule has 0 aromatic rings. The third-order valence-electron chi connectivity index (χ3n) is 3.58. The van der Waals surface area contributed by atoms with E-state index in [4.69, 9.17) is 26.6 Å². The van der Waals surface area contributed by atoms with E-state index in [9.17, 15) is 9.59 Å². The van der Waals surface area contributed by atoms with Gasteiger partial charge in [0.05, 0.1) is 6.04 Å². The van der Waals surface area contributed by atoms with Crippen LogP contribution in [0.1, 0.15) is 33.6 Å². The fraction of sp³-hybridized carbons (Fsp3) is 0.846. The number of carbonyl (C=O) groups excluding carboxylic acids is 1. The summed E-state index contributed by atoms with van der Waals surface area (Å²) < 4.78 is 0. The van der Waals surface area contributed by atoms with Gasteiger partial charge in [0.1, 0.15) is 6.04 Å². The SMILES string of the molecule is CC(C)(C)[C@H](N)C(=O)NC[C@H](CCCB(O)O)[C@H](N)C(=O)O. The summed E-state index contributed by atoms with van der Waals surface area (Å²) >= 11 is 0. The average Bonchev–Trinajstić information content (AvgIpc) is 2.38. The van der Waals surface area contributed by atoms with Crippen molar-refractivity contribution in [3.8, 4) is 0 Å². The monoisotopic (exact) mass is 317 g/mol. The van der Waals surface area contributed by atoms with E-state index in [1.54, 1.807) is 0 Å². The summed E-state index contributed by atoms with van der Waals surface area (Å²) in [5.74, 6) is -2.03. The van der Waals surface area contributed by atoms with E-state index in [0.717, 1.165) is 0 Å². The number of nitrogens with one attached hydrogen (secondary N) is 1. The molecule has 0 spiro atoms. The highest BCUT2D eigenvalue weighted by Gasteiger charge is 2.29. The Morgan fingerprint density at radius 1 is 1.23 bits per heavy atom. The Kier molecular flexibility index (Phi) is 8.61. The Balaban J connectivity index is 4.58. The largest absolute Gasteiger partial charge is 0.480 e. The lowest BCUT2D eigenvalue weighted by atomic mass is 9.81. The minimum Gasteiger partial charge on any atom is -0.480 e. The van der Waals surface area contributed by atoms with Gasteiger partial charge in [0.15, 0.2) is 0 Å². The predicted octanol–water partition coefficient (Wildman–Crippen LogP) is -1.24. The number of carboxylic acids is 1. The molecule has 3 atom stereocenters. The number of aliphatic carboxylic acids is 1. The Morgan fingerprint density at radius 2 is 1.77 bits per heavy atom. The summed E-state index contributed by atoms with van der Waals surface area (Å²) in [5.41, 5.74) is 11.0. The number of hydrogen-bond donors (Lipinski definition) is 6. The molecule has 0 aromatic carbocycles. The van der Waals surface area contributed by atoms with Crippen LogP contribution >= 0.6 is 0 Å². The van der Waals surface area contributed by atoms with Gasteiger partial charge in [0.2, 0.25) is 5.91 Å². The number of carboxylic acid groups (broad SMARTS) is 1. The van der Waals surface area contributed by atoms with E-state index >= 15 is 0 Å². The lowest BCUT2D eigenvalue weighted by Gasteiger charge is -2.27. The highest BCUT2D eigenvalue weighted by atomic mass is 16.4. The molecule has 0 saturated carbocycles. The van der Waals surface area contributed by atoms with E-state index in [-0.39, 0.29) is 18.8 Å². The molecule has 22 heavy (non-hydrogen) atoms. The van der Waals surface area contributed by atoms with Crippen LogP contribution in [-0.2, 0) is 9.59 Å². The first-order chi connectivity index (χ1) is 9.96. The summed E-state index contributed by atoms with van der Waals surface area (Å²) in [6.45, 7) is 5.58. The Hall–Kier alpha value is -1.16. The van der Waals surface area contributed by atoms with E-state index < -0.39 is 36.5 Å². The maximum atomic E-state index is 12.0. The minimum absolute atomic E-state index is 0.0810. The Labute approximate surface area is 131 Å². The van der Waals surface area contributed by atoms with Crippen LogP contribution < -0.4 is 16.8 Å². The summed E-state index contributed by atoms with van der Waals surface area (Å²) in [5, 5.41) is 29.3. The zero-order valence-corrected chi connectivity index (χ0v) is 13.5. The van der Waals surface area contributed by atoms with Crippen LogP contribution in [0, 0.1) is 11.3 Å². The second-order valence-electron chi connectivity index (χ2n) is 6.62. The van der Waals surface area contributed by atoms with Crippen molar-refractivity contribution in [3.05, 3.63) is 0 Å². The molecule has 0 heterocycles. The van der Waals surface area contributed by atoms with Crippen LogP contribution in [0.4, 0.5) is 0 Å². The molecule has 8 nitrogen and oxygen atoms in total. The van der Waals surface area contributed by atoms with Gasteiger partial charge in [-0.15, -0.1) is 0 Å². The van der Waals surface area contributed by atoms with Gasteiger partial charge in [-0.05, 0) is 18.2 Å². The molecule has 0 aliphatic heterocycles. The number of nitrogens with two attached hydrogens (primary N) is 2. The number of rotatable bonds is 9. The van der Waals surface area contributed by atoms with Crippen molar-refractivity contribution in [3.63, 3.8) is 0 Å². The number of hydrogen-bond acceptors (Lipinski definition) is 6. The first-order valence-corrected chi connectivity index (χ1v) is 7.34. The molecule has 0 fully saturated rings. The third kappa shape index (κ3) is 7.74. The molecule has 9 heteroatoms. The normalized spacial score (nSPS) is 15.8. The fourth-order valence-electron chi connectivity index (χ4n) is 1.91. The van der Waals surface area contributed by atoms with Gasteiger partial charge in [0.25, 0.3) is 0 Å². The molecule has 128 valence electrons. The lowest BCUT2D eigenvalue weighted by molar-refractivity contribution is -0.140. The summed E-state index contributed by atoms with van der Waals surface area (Å²) in [6.07, 6.45) is 0.874. The molecule has 0 aliphatic rings. The maximum Gasteiger partial charge on any atom is 0.451 e. The predicted molar refractivity (Wildman–Crippen MR) is 83.8 cm³/mol. The summed E-state index contributed by atoms with van der Waals surface area (Å²) in [6, 6.07) is -1.85. The molecule has 0 rings (SSSR count). The van der Waals surface area contributed by atoms with E-state index in [1.807, 2.05) is 20.8 Å². The van der Waals surface area contributed by atoms with Crippen molar-refractivity contribution in [1.82, 2.24) is 5.32 Å². The van der Waals surface area contributed by atoms with Gasteiger partial charge in [-0.25, -0.2) is 0 Å². The smallest absolute Gasteiger partial charge is 0.451 e.